The molecule has 3 N–H and O–H groups in total. The van der Waals surface area contributed by atoms with Crippen molar-refractivity contribution < 1.29 is 36.2 Å². The molecule has 1 aromatic heterocycles. The molecule has 0 unspecified atom stereocenters. The van der Waals surface area contributed by atoms with Gasteiger partial charge in [0.05, 0.1) is 11.1 Å². The summed E-state index contributed by atoms with van der Waals surface area (Å²) >= 11 is 0. The van der Waals surface area contributed by atoms with Crippen molar-refractivity contribution in [2.75, 3.05) is 0 Å². The Balaban J connectivity index is 1.71. The number of hydrogen-bond acceptors (Lipinski definition) is 2. The first-order valence-electron chi connectivity index (χ1n) is 8.74. The Labute approximate surface area is 166 Å². The predicted octanol–water partition coefficient (Wildman–Crippen LogP) is 4.43. The lowest BCUT2D eigenvalue weighted by Crippen LogP contribution is -2.35. The summed E-state index contributed by atoms with van der Waals surface area (Å²) in [5.74, 6) is -0.911. The van der Waals surface area contributed by atoms with Gasteiger partial charge in [0.15, 0.2) is 0 Å². The van der Waals surface area contributed by atoms with E-state index in [1.807, 2.05) is 0 Å². The fourth-order valence-corrected chi connectivity index (χ4v) is 3.03. The molecule has 2 aromatic carbocycles. The average Bonchev–Trinajstić information content (AvgIpc) is 3.07. The van der Waals surface area contributed by atoms with Crippen LogP contribution in [0.5, 0.6) is 0 Å². The third-order valence-corrected chi connectivity index (χ3v) is 4.51. The SMILES string of the molecule is O=C(NCc1cc(C(F)(F)F)cc(C(F)(F)F)c1)[C@@H](O)Cc1c[nH]c2ccccc12. The molecular formula is C20H16F6N2O2. The molecule has 1 amide bonds. The van der Waals surface area contributed by atoms with Crippen LogP contribution in [0.15, 0.2) is 48.7 Å². The quantitative estimate of drug-likeness (QED) is 0.525. The van der Waals surface area contributed by atoms with E-state index in [2.05, 4.69) is 10.3 Å². The van der Waals surface area contributed by atoms with E-state index in [4.69, 9.17) is 0 Å². The Morgan fingerprint density at radius 3 is 2.20 bits per heavy atom. The third kappa shape index (κ3) is 4.93. The second-order valence-electron chi connectivity index (χ2n) is 6.71. The van der Waals surface area contributed by atoms with Gasteiger partial charge in [-0.2, -0.15) is 26.3 Å². The highest BCUT2D eigenvalue weighted by Crippen LogP contribution is 2.36. The number of carbonyl (C=O) groups is 1. The summed E-state index contributed by atoms with van der Waals surface area (Å²) in [4.78, 5) is 15.1. The monoisotopic (exact) mass is 430 g/mol. The summed E-state index contributed by atoms with van der Waals surface area (Å²) in [7, 11) is 0. The highest BCUT2D eigenvalue weighted by molar-refractivity contribution is 5.85. The predicted molar refractivity (Wildman–Crippen MR) is 96.3 cm³/mol. The summed E-state index contributed by atoms with van der Waals surface area (Å²) in [6, 6.07) is 8.23. The van der Waals surface area contributed by atoms with Crippen molar-refractivity contribution in [3.63, 3.8) is 0 Å². The number of H-pyrrole nitrogens is 1. The van der Waals surface area contributed by atoms with Crippen molar-refractivity contribution in [3.8, 4) is 0 Å². The molecule has 4 nitrogen and oxygen atoms in total. The Kier molecular flexibility index (Phi) is 5.80. The summed E-state index contributed by atoms with van der Waals surface area (Å²) in [6.07, 6.45) is -9.95. The maximum Gasteiger partial charge on any atom is 0.416 e. The van der Waals surface area contributed by atoms with Crippen LogP contribution < -0.4 is 5.32 Å². The van der Waals surface area contributed by atoms with Gasteiger partial charge in [-0.1, -0.05) is 18.2 Å². The summed E-state index contributed by atoms with van der Waals surface area (Å²) < 4.78 is 77.4. The standard InChI is InChI=1S/C20H16F6N2O2/c21-19(22,23)13-5-11(6-14(8-13)20(24,25)26)9-28-18(30)17(29)7-12-10-27-16-4-2-1-3-15(12)16/h1-6,8,10,17,27,29H,7,9H2,(H,28,30)/t17-/m0/s1. The molecule has 3 rings (SSSR count). The lowest BCUT2D eigenvalue weighted by atomic mass is 10.0. The number of halogens is 6. The fourth-order valence-electron chi connectivity index (χ4n) is 3.03. The van der Waals surface area contributed by atoms with Crippen LogP contribution in [0.25, 0.3) is 10.9 Å². The van der Waals surface area contributed by atoms with Gasteiger partial charge in [0, 0.05) is 30.1 Å². The summed E-state index contributed by atoms with van der Waals surface area (Å²) in [6.45, 7) is -0.600. The Hall–Kier alpha value is -3.01. The average molecular weight is 430 g/mol. The van der Waals surface area contributed by atoms with Gasteiger partial charge in [-0.15, -0.1) is 0 Å². The van der Waals surface area contributed by atoms with E-state index < -0.39 is 42.0 Å². The Morgan fingerprint density at radius 2 is 1.60 bits per heavy atom. The minimum atomic E-state index is -4.98. The smallest absolute Gasteiger partial charge is 0.383 e. The van der Waals surface area contributed by atoms with E-state index in [-0.39, 0.29) is 18.1 Å². The molecule has 10 heteroatoms. The topological polar surface area (TPSA) is 65.1 Å². The second kappa shape index (κ2) is 8.02. The van der Waals surface area contributed by atoms with Crippen LogP contribution in [0.1, 0.15) is 22.3 Å². The lowest BCUT2D eigenvalue weighted by molar-refractivity contribution is -0.143. The van der Waals surface area contributed by atoms with Crippen molar-refractivity contribution in [3.05, 3.63) is 70.9 Å². The van der Waals surface area contributed by atoms with Gasteiger partial charge >= 0.3 is 12.4 Å². The molecule has 1 atom stereocenters. The van der Waals surface area contributed by atoms with Gasteiger partial charge in [0.1, 0.15) is 6.10 Å². The third-order valence-electron chi connectivity index (χ3n) is 4.51. The number of alkyl halides is 6. The molecule has 0 aliphatic heterocycles. The van der Waals surface area contributed by atoms with Crippen LogP contribution in [0.4, 0.5) is 26.3 Å². The van der Waals surface area contributed by atoms with Gasteiger partial charge in [-0.25, -0.2) is 0 Å². The molecule has 0 saturated carbocycles. The maximum atomic E-state index is 12.9. The fraction of sp³-hybridized carbons (Fsp3) is 0.250. The highest BCUT2D eigenvalue weighted by atomic mass is 19.4. The van der Waals surface area contributed by atoms with Gasteiger partial charge in [-0.05, 0) is 35.4 Å². The number of aliphatic hydroxyl groups excluding tert-OH is 1. The molecule has 160 valence electrons. The van der Waals surface area contributed by atoms with E-state index in [0.717, 1.165) is 10.9 Å². The highest BCUT2D eigenvalue weighted by Gasteiger charge is 2.36. The number of carbonyl (C=O) groups excluding carboxylic acids is 1. The molecule has 0 bridgehead atoms. The maximum absolute atomic E-state index is 12.9. The number of aromatic amines is 1. The largest absolute Gasteiger partial charge is 0.416 e. The first kappa shape index (κ1) is 21.7. The Morgan fingerprint density at radius 1 is 1.00 bits per heavy atom. The van der Waals surface area contributed by atoms with Crippen LogP contribution in [0.3, 0.4) is 0 Å². The zero-order chi connectivity index (χ0) is 22.1. The number of fused-ring (bicyclic) bond motifs is 1. The molecular weight excluding hydrogens is 414 g/mol. The Bertz CT molecular complexity index is 1020. The number of aromatic nitrogens is 1. The lowest BCUT2D eigenvalue weighted by Gasteiger charge is -2.15. The van der Waals surface area contributed by atoms with E-state index in [1.54, 1.807) is 30.5 Å². The van der Waals surface area contributed by atoms with Crippen molar-refractivity contribution in [1.29, 1.82) is 0 Å². The summed E-state index contributed by atoms with van der Waals surface area (Å²) in [5.41, 5.74) is -1.89. The molecule has 1 heterocycles. The minimum absolute atomic E-state index is 0.0111. The number of benzene rings is 2. The molecule has 0 aliphatic carbocycles. The normalized spacial score (nSPS) is 13.4. The minimum Gasteiger partial charge on any atom is -0.383 e. The van der Waals surface area contributed by atoms with Crippen molar-refractivity contribution in [2.45, 2.75) is 31.4 Å². The number of hydrogen-bond donors (Lipinski definition) is 3. The molecule has 0 aliphatic rings. The van der Waals surface area contributed by atoms with Crippen LogP contribution >= 0.6 is 0 Å². The van der Waals surface area contributed by atoms with E-state index in [1.165, 1.54) is 0 Å². The first-order valence-corrected chi connectivity index (χ1v) is 8.74. The number of para-hydroxylation sites is 1. The van der Waals surface area contributed by atoms with Gasteiger partial charge in [0.25, 0.3) is 0 Å². The molecule has 0 saturated heterocycles. The van der Waals surface area contributed by atoms with Gasteiger partial charge in [-0.3, -0.25) is 4.79 Å². The van der Waals surface area contributed by atoms with Gasteiger partial charge in [0.2, 0.25) is 5.91 Å². The molecule has 0 spiro atoms. The van der Waals surface area contributed by atoms with Crippen LogP contribution in [-0.2, 0) is 30.1 Å². The van der Waals surface area contributed by atoms with Crippen LogP contribution in [0.2, 0.25) is 0 Å². The first-order chi connectivity index (χ1) is 13.9. The van der Waals surface area contributed by atoms with E-state index in [0.29, 0.717) is 17.7 Å². The number of rotatable bonds is 5. The molecule has 30 heavy (non-hydrogen) atoms. The van der Waals surface area contributed by atoms with Crippen molar-refractivity contribution in [2.24, 2.45) is 0 Å². The van der Waals surface area contributed by atoms with E-state index >= 15 is 0 Å². The number of aliphatic hydroxyl groups is 1. The van der Waals surface area contributed by atoms with Gasteiger partial charge < -0.3 is 15.4 Å². The summed E-state index contributed by atoms with van der Waals surface area (Å²) in [5, 5.41) is 13.1. The zero-order valence-corrected chi connectivity index (χ0v) is 15.2. The zero-order valence-electron chi connectivity index (χ0n) is 15.2. The molecule has 3 aromatic rings. The second-order valence-corrected chi connectivity index (χ2v) is 6.71. The van der Waals surface area contributed by atoms with Crippen LogP contribution in [-0.4, -0.2) is 22.1 Å². The van der Waals surface area contributed by atoms with Crippen molar-refractivity contribution >= 4 is 16.8 Å². The van der Waals surface area contributed by atoms with Crippen LogP contribution in [0, 0.1) is 0 Å². The van der Waals surface area contributed by atoms with E-state index in [9.17, 15) is 36.2 Å². The molecule has 0 fully saturated rings. The van der Waals surface area contributed by atoms with Crippen molar-refractivity contribution in [1.82, 2.24) is 10.3 Å². The number of nitrogens with one attached hydrogen (secondary N) is 2. The number of amides is 1. The molecule has 0 radical (unpaired) electrons.